The molecule has 0 aromatic carbocycles. The molecule has 4 rings (SSSR count). The molecule has 0 amide bonds. The van der Waals surface area contributed by atoms with Gasteiger partial charge in [0.25, 0.3) is 0 Å². The van der Waals surface area contributed by atoms with Gasteiger partial charge >= 0.3 is 0 Å². The van der Waals surface area contributed by atoms with E-state index < -0.39 is 0 Å². The Hall–Kier alpha value is -0.0800. The molecule has 3 heterocycles. The van der Waals surface area contributed by atoms with Gasteiger partial charge in [-0.1, -0.05) is 40.0 Å². The zero-order chi connectivity index (χ0) is 12.5. The minimum atomic E-state index is 0.181. The first kappa shape index (κ1) is 11.7. The lowest BCUT2D eigenvalue weighted by atomic mass is 9.56. The van der Waals surface area contributed by atoms with Gasteiger partial charge in [0.2, 0.25) is 0 Å². The standard InChI is InChI=1S/C16H26O2/c1-10-11(2)14-15(3)9-17-16(7-5-4-6-8-16)13(15)12(10)18-14/h10-14H,4-9H2,1-3H3. The highest BCUT2D eigenvalue weighted by Gasteiger charge is 2.71. The molecule has 0 N–H and O–H groups in total. The molecule has 6 atom stereocenters. The van der Waals surface area contributed by atoms with E-state index >= 15 is 0 Å². The van der Waals surface area contributed by atoms with Crippen LogP contribution in [0.15, 0.2) is 0 Å². The molecule has 1 spiro atoms. The summed E-state index contributed by atoms with van der Waals surface area (Å²) in [4.78, 5) is 0. The monoisotopic (exact) mass is 250 g/mol. The van der Waals surface area contributed by atoms with Gasteiger partial charge in [0.1, 0.15) is 0 Å². The van der Waals surface area contributed by atoms with Gasteiger partial charge in [-0.25, -0.2) is 0 Å². The average Bonchev–Trinajstić information content (AvgIpc) is 2.93. The van der Waals surface area contributed by atoms with Crippen molar-refractivity contribution < 1.29 is 9.47 Å². The van der Waals surface area contributed by atoms with Crippen molar-refractivity contribution in [3.8, 4) is 0 Å². The smallest absolute Gasteiger partial charge is 0.0742 e. The SMILES string of the molecule is CC1C(C)C2OC1C1C3(CCCCC3)OCC21C. The van der Waals surface area contributed by atoms with Gasteiger partial charge in [-0.2, -0.15) is 0 Å². The van der Waals surface area contributed by atoms with Crippen LogP contribution in [-0.4, -0.2) is 24.4 Å². The molecule has 2 heteroatoms. The largest absolute Gasteiger partial charge is 0.374 e. The zero-order valence-electron chi connectivity index (χ0n) is 11.9. The fourth-order valence-corrected chi connectivity index (χ4v) is 5.75. The van der Waals surface area contributed by atoms with E-state index in [1.54, 1.807) is 0 Å². The second kappa shape index (κ2) is 3.52. The maximum atomic E-state index is 6.45. The molecule has 2 bridgehead atoms. The minimum absolute atomic E-state index is 0.181. The third-order valence-electron chi connectivity index (χ3n) is 6.76. The fourth-order valence-electron chi connectivity index (χ4n) is 5.75. The van der Waals surface area contributed by atoms with Gasteiger partial charge in [-0.15, -0.1) is 0 Å². The van der Waals surface area contributed by atoms with Gasteiger partial charge in [-0.05, 0) is 24.7 Å². The Morgan fingerprint density at radius 2 is 1.72 bits per heavy atom. The van der Waals surface area contributed by atoms with Crippen molar-refractivity contribution in [1.82, 2.24) is 0 Å². The molecular weight excluding hydrogens is 224 g/mol. The summed E-state index contributed by atoms with van der Waals surface area (Å²) in [5, 5.41) is 0. The number of ether oxygens (including phenoxy) is 2. The molecule has 3 aliphatic heterocycles. The summed E-state index contributed by atoms with van der Waals surface area (Å²) in [5.74, 6) is 2.09. The Morgan fingerprint density at radius 1 is 1.00 bits per heavy atom. The van der Waals surface area contributed by atoms with Crippen LogP contribution in [0.25, 0.3) is 0 Å². The predicted molar refractivity (Wildman–Crippen MR) is 70.4 cm³/mol. The average molecular weight is 250 g/mol. The Kier molecular flexibility index (Phi) is 2.29. The lowest BCUT2D eigenvalue weighted by molar-refractivity contribution is -0.0856. The number of hydrogen-bond donors (Lipinski definition) is 0. The highest BCUT2D eigenvalue weighted by atomic mass is 16.5. The first-order chi connectivity index (χ1) is 8.58. The summed E-state index contributed by atoms with van der Waals surface area (Å²) in [6.45, 7) is 8.15. The van der Waals surface area contributed by atoms with Gasteiger partial charge in [0, 0.05) is 11.3 Å². The molecule has 0 aromatic heterocycles. The zero-order valence-corrected chi connectivity index (χ0v) is 11.9. The lowest BCUT2D eigenvalue weighted by Gasteiger charge is -2.45. The molecule has 18 heavy (non-hydrogen) atoms. The highest BCUT2D eigenvalue weighted by molar-refractivity contribution is 5.18. The van der Waals surface area contributed by atoms with Crippen molar-refractivity contribution in [3.63, 3.8) is 0 Å². The van der Waals surface area contributed by atoms with E-state index in [1.807, 2.05) is 0 Å². The topological polar surface area (TPSA) is 18.5 Å². The van der Waals surface area contributed by atoms with E-state index in [9.17, 15) is 0 Å². The molecule has 0 radical (unpaired) electrons. The van der Waals surface area contributed by atoms with Crippen LogP contribution in [0.1, 0.15) is 52.9 Å². The minimum Gasteiger partial charge on any atom is -0.374 e. The van der Waals surface area contributed by atoms with Gasteiger partial charge < -0.3 is 9.47 Å². The summed E-state index contributed by atoms with van der Waals surface area (Å²) in [6, 6.07) is 0. The van der Waals surface area contributed by atoms with Crippen molar-refractivity contribution >= 4 is 0 Å². The molecule has 2 nitrogen and oxygen atoms in total. The van der Waals surface area contributed by atoms with Crippen LogP contribution in [0.2, 0.25) is 0 Å². The predicted octanol–water partition coefficient (Wildman–Crippen LogP) is 3.40. The summed E-state index contributed by atoms with van der Waals surface area (Å²) in [6.07, 6.45) is 7.58. The Labute approximate surface area is 110 Å². The van der Waals surface area contributed by atoms with Crippen molar-refractivity contribution in [1.29, 1.82) is 0 Å². The Bertz CT molecular complexity index is 360. The van der Waals surface area contributed by atoms with Crippen LogP contribution < -0.4 is 0 Å². The number of hydrogen-bond acceptors (Lipinski definition) is 2. The van der Waals surface area contributed by atoms with Crippen molar-refractivity contribution in [2.75, 3.05) is 6.61 Å². The molecule has 0 aromatic rings. The van der Waals surface area contributed by atoms with E-state index in [0.717, 1.165) is 6.61 Å². The third-order valence-corrected chi connectivity index (χ3v) is 6.76. The van der Waals surface area contributed by atoms with E-state index in [0.29, 0.717) is 35.4 Å². The second-order valence-electron chi connectivity index (χ2n) is 7.64. The molecule has 102 valence electrons. The van der Waals surface area contributed by atoms with E-state index in [-0.39, 0.29) is 5.60 Å². The Balaban J connectivity index is 1.73. The van der Waals surface area contributed by atoms with Crippen molar-refractivity contribution in [2.45, 2.75) is 70.7 Å². The van der Waals surface area contributed by atoms with Crippen LogP contribution in [0.5, 0.6) is 0 Å². The van der Waals surface area contributed by atoms with Crippen molar-refractivity contribution in [3.05, 3.63) is 0 Å². The fraction of sp³-hybridized carbons (Fsp3) is 1.00. The van der Waals surface area contributed by atoms with Crippen LogP contribution >= 0.6 is 0 Å². The van der Waals surface area contributed by atoms with Crippen LogP contribution in [0, 0.1) is 23.2 Å². The number of fused-ring (bicyclic) bond motifs is 6. The van der Waals surface area contributed by atoms with Crippen molar-refractivity contribution in [2.24, 2.45) is 23.2 Å². The van der Waals surface area contributed by atoms with E-state index in [2.05, 4.69) is 20.8 Å². The molecule has 4 fully saturated rings. The second-order valence-corrected chi connectivity index (χ2v) is 7.64. The summed E-state index contributed by atoms with van der Waals surface area (Å²) in [7, 11) is 0. The normalized spacial score (nSPS) is 57.2. The van der Waals surface area contributed by atoms with E-state index in [1.165, 1.54) is 32.1 Å². The van der Waals surface area contributed by atoms with Crippen LogP contribution in [0.3, 0.4) is 0 Å². The van der Waals surface area contributed by atoms with Crippen LogP contribution in [0.4, 0.5) is 0 Å². The van der Waals surface area contributed by atoms with Gasteiger partial charge in [-0.3, -0.25) is 0 Å². The lowest BCUT2D eigenvalue weighted by Crippen LogP contribution is -2.51. The third kappa shape index (κ3) is 1.17. The number of rotatable bonds is 0. The summed E-state index contributed by atoms with van der Waals surface area (Å²) in [5.41, 5.74) is 0.481. The van der Waals surface area contributed by atoms with Crippen LogP contribution in [-0.2, 0) is 9.47 Å². The van der Waals surface area contributed by atoms with Gasteiger partial charge in [0.05, 0.1) is 24.4 Å². The molecule has 1 aliphatic carbocycles. The molecule has 6 unspecified atom stereocenters. The molecule has 4 aliphatic rings. The molecule has 3 saturated heterocycles. The maximum absolute atomic E-state index is 6.45. The van der Waals surface area contributed by atoms with Gasteiger partial charge in [0.15, 0.2) is 0 Å². The molecular formula is C16H26O2. The Morgan fingerprint density at radius 3 is 2.44 bits per heavy atom. The van der Waals surface area contributed by atoms with E-state index in [4.69, 9.17) is 9.47 Å². The summed E-state index contributed by atoms with van der Waals surface area (Å²) < 4.78 is 12.9. The highest BCUT2D eigenvalue weighted by Crippen LogP contribution is 2.66. The maximum Gasteiger partial charge on any atom is 0.0742 e. The summed E-state index contributed by atoms with van der Waals surface area (Å²) >= 11 is 0. The first-order valence-electron chi connectivity index (χ1n) is 7.88. The quantitative estimate of drug-likeness (QED) is 0.656. The molecule has 1 saturated carbocycles. The first-order valence-corrected chi connectivity index (χ1v) is 7.88.